The Labute approximate surface area is 162 Å². The molecule has 0 amide bonds. The molecule has 12 heteroatoms. The maximum absolute atomic E-state index is 12.8. The summed E-state index contributed by atoms with van der Waals surface area (Å²) in [5, 5.41) is 10.4. The van der Waals surface area contributed by atoms with E-state index in [1.54, 1.807) is 6.07 Å². The zero-order chi connectivity index (χ0) is 21.6. The number of sulfone groups is 1. The Morgan fingerprint density at radius 3 is 2.34 bits per heavy atom. The molecule has 0 fully saturated rings. The quantitative estimate of drug-likeness (QED) is 0.656. The van der Waals surface area contributed by atoms with Gasteiger partial charge in [0.2, 0.25) is 5.88 Å². The minimum atomic E-state index is -5.52. The molecule has 29 heavy (non-hydrogen) atoms. The highest BCUT2D eigenvalue weighted by Gasteiger charge is 2.46. The Morgan fingerprint density at radius 1 is 1.17 bits per heavy atom. The van der Waals surface area contributed by atoms with Gasteiger partial charge in [-0.15, -0.1) is 0 Å². The number of benzene rings is 1. The molecule has 0 saturated heterocycles. The highest BCUT2D eigenvalue weighted by molar-refractivity contribution is 7.92. The molecule has 154 valence electrons. The number of alkyl halides is 3. The average Bonchev–Trinajstić information content (AvgIpc) is 2.86. The first-order valence-corrected chi connectivity index (χ1v) is 9.54. The fourth-order valence-corrected chi connectivity index (χ4v) is 3.48. The van der Waals surface area contributed by atoms with Crippen molar-refractivity contribution in [1.82, 2.24) is 14.1 Å². The second kappa shape index (κ2) is 6.95. The van der Waals surface area contributed by atoms with Gasteiger partial charge in [-0.25, -0.2) is 17.8 Å². The highest BCUT2D eigenvalue weighted by atomic mass is 32.2. The third-order valence-electron chi connectivity index (χ3n) is 4.35. The molecule has 0 atom stereocenters. The molecule has 1 aromatic carbocycles. The van der Waals surface area contributed by atoms with Crippen LogP contribution in [0.1, 0.15) is 11.3 Å². The third-order valence-corrected chi connectivity index (χ3v) is 5.85. The summed E-state index contributed by atoms with van der Waals surface area (Å²) >= 11 is 0. The molecular weight excluding hydrogens is 413 g/mol. The minimum Gasteiger partial charge on any atom is -0.493 e. The van der Waals surface area contributed by atoms with E-state index in [1.165, 1.54) is 23.9 Å². The lowest BCUT2D eigenvalue weighted by atomic mass is 10.2. The van der Waals surface area contributed by atoms with E-state index < -0.39 is 31.8 Å². The van der Waals surface area contributed by atoms with Crippen LogP contribution in [-0.2, 0) is 16.4 Å². The number of anilines is 1. The van der Waals surface area contributed by atoms with E-state index >= 15 is 0 Å². The van der Waals surface area contributed by atoms with Gasteiger partial charge in [0.05, 0.1) is 34.7 Å². The standard InChI is InChI=1S/C17H15F3N4O4S/c1-10-15(25)24(16(26)23(10)9-11-6-7-22-8-14(11)21)12-2-4-13(5-3-12)29(27,28)17(18,19)20/h2-8,25H,9,21H2,1H3. The first-order chi connectivity index (χ1) is 13.4. The number of nitrogen functional groups attached to an aromatic ring is 1. The zero-order valence-corrected chi connectivity index (χ0v) is 15.7. The van der Waals surface area contributed by atoms with Crippen LogP contribution in [0.15, 0.2) is 52.4 Å². The second-order valence-corrected chi connectivity index (χ2v) is 8.07. The number of imidazole rings is 1. The monoisotopic (exact) mass is 428 g/mol. The number of nitrogens with two attached hydrogens (primary N) is 1. The number of rotatable bonds is 4. The Kier molecular flexibility index (Phi) is 4.91. The Hall–Kier alpha value is -3.28. The SMILES string of the molecule is Cc1c(O)n(-c2ccc(S(=O)(=O)C(F)(F)F)cc2)c(=O)n1Cc1ccncc1N. The number of aromatic hydroxyl groups is 1. The van der Waals surface area contributed by atoms with E-state index in [1.807, 2.05) is 0 Å². The van der Waals surface area contributed by atoms with E-state index in [0.717, 1.165) is 28.8 Å². The molecule has 0 bridgehead atoms. The molecule has 3 rings (SSSR count). The molecule has 0 aliphatic rings. The van der Waals surface area contributed by atoms with Crippen LogP contribution < -0.4 is 11.4 Å². The molecule has 0 aliphatic carbocycles. The Morgan fingerprint density at radius 2 is 1.79 bits per heavy atom. The van der Waals surface area contributed by atoms with Gasteiger partial charge in [0.15, 0.2) is 0 Å². The summed E-state index contributed by atoms with van der Waals surface area (Å²) in [4.78, 5) is 15.7. The van der Waals surface area contributed by atoms with Gasteiger partial charge in [0.1, 0.15) is 0 Å². The maximum atomic E-state index is 12.8. The van der Waals surface area contributed by atoms with E-state index in [9.17, 15) is 31.5 Å². The van der Waals surface area contributed by atoms with Crippen molar-refractivity contribution in [3.63, 3.8) is 0 Å². The Bertz CT molecular complexity index is 1230. The van der Waals surface area contributed by atoms with Gasteiger partial charge in [-0.05, 0) is 42.8 Å². The van der Waals surface area contributed by atoms with Crippen LogP contribution in [-0.4, -0.2) is 33.2 Å². The lowest BCUT2D eigenvalue weighted by Crippen LogP contribution is -2.25. The Balaban J connectivity index is 2.05. The van der Waals surface area contributed by atoms with Crippen LogP contribution in [0.4, 0.5) is 18.9 Å². The van der Waals surface area contributed by atoms with E-state index in [-0.39, 0.29) is 17.9 Å². The van der Waals surface area contributed by atoms with Crippen molar-refractivity contribution in [1.29, 1.82) is 0 Å². The van der Waals surface area contributed by atoms with Crippen LogP contribution in [0.2, 0.25) is 0 Å². The molecule has 0 radical (unpaired) electrons. The maximum Gasteiger partial charge on any atom is 0.501 e. The largest absolute Gasteiger partial charge is 0.501 e. The summed E-state index contributed by atoms with van der Waals surface area (Å²) < 4.78 is 63.0. The number of pyridine rings is 1. The molecular formula is C17H15F3N4O4S. The highest BCUT2D eigenvalue weighted by Crippen LogP contribution is 2.31. The summed E-state index contributed by atoms with van der Waals surface area (Å²) in [7, 11) is -5.52. The summed E-state index contributed by atoms with van der Waals surface area (Å²) in [5.74, 6) is -0.436. The predicted octanol–water partition coefficient (Wildman–Crippen LogP) is 1.97. The molecule has 0 spiro atoms. The summed E-state index contributed by atoms with van der Waals surface area (Å²) in [6, 6.07) is 5.05. The molecule has 0 saturated carbocycles. The third kappa shape index (κ3) is 3.46. The summed E-state index contributed by atoms with van der Waals surface area (Å²) in [6.45, 7) is 1.51. The van der Waals surface area contributed by atoms with E-state index in [4.69, 9.17) is 5.73 Å². The van der Waals surface area contributed by atoms with E-state index in [2.05, 4.69) is 4.98 Å². The summed E-state index contributed by atoms with van der Waals surface area (Å²) in [5.41, 5.74) is 0.806. The van der Waals surface area contributed by atoms with Gasteiger partial charge in [-0.3, -0.25) is 9.55 Å². The van der Waals surface area contributed by atoms with Crippen molar-refractivity contribution < 1.29 is 26.7 Å². The van der Waals surface area contributed by atoms with Crippen molar-refractivity contribution >= 4 is 15.5 Å². The van der Waals surface area contributed by atoms with E-state index in [0.29, 0.717) is 11.3 Å². The number of hydrogen-bond donors (Lipinski definition) is 2. The summed E-state index contributed by atoms with van der Waals surface area (Å²) in [6.07, 6.45) is 2.90. The van der Waals surface area contributed by atoms with Gasteiger partial charge in [0, 0.05) is 6.20 Å². The van der Waals surface area contributed by atoms with Gasteiger partial charge in [0.25, 0.3) is 9.84 Å². The van der Waals surface area contributed by atoms with Crippen LogP contribution in [0.5, 0.6) is 5.88 Å². The first-order valence-electron chi connectivity index (χ1n) is 8.06. The van der Waals surface area contributed by atoms with Gasteiger partial charge in [-0.1, -0.05) is 0 Å². The fourth-order valence-electron chi connectivity index (χ4n) is 2.71. The first kappa shape index (κ1) is 20.5. The molecule has 8 nitrogen and oxygen atoms in total. The van der Waals surface area contributed by atoms with Crippen LogP contribution in [0.25, 0.3) is 5.69 Å². The number of halogens is 3. The van der Waals surface area contributed by atoms with Crippen LogP contribution in [0, 0.1) is 6.92 Å². The van der Waals surface area contributed by atoms with Crippen molar-refractivity contribution in [2.24, 2.45) is 0 Å². The number of nitrogens with zero attached hydrogens (tertiary/aromatic N) is 3. The van der Waals surface area contributed by atoms with Gasteiger partial charge in [-0.2, -0.15) is 13.2 Å². The molecule has 3 aromatic rings. The normalized spacial score (nSPS) is 12.3. The van der Waals surface area contributed by atoms with Crippen LogP contribution in [0.3, 0.4) is 0 Å². The predicted molar refractivity (Wildman–Crippen MR) is 97.4 cm³/mol. The number of hydrogen-bond acceptors (Lipinski definition) is 6. The minimum absolute atomic E-state index is 0.00169. The van der Waals surface area contributed by atoms with Gasteiger partial charge < -0.3 is 10.8 Å². The molecule has 0 aliphatic heterocycles. The van der Waals surface area contributed by atoms with Crippen molar-refractivity contribution in [3.8, 4) is 11.6 Å². The zero-order valence-electron chi connectivity index (χ0n) is 14.9. The molecule has 3 N–H and O–H groups in total. The van der Waals surface area contributed by atoms with Crippen molar-refractivity contribution in [3.05, 3.63) is 64.5 Å². The lowest BCUT2D eigenvalue weighted by molar-refractivity contribution is -0.0436. The topological polar surface area (TPSA) is 120 Å². The molecule has 0 unspecified atom stereocenters. The molecule has 2 heterocycles. The second-order valence-electron chi connectivity index (χ2n) is 6.13. The fraction of sp³-hybridized carbons (Fsp3) is 0.176. The number of aromatic nitrogens is 3. The lowest BCUT2D eigenvalue weighted by Gasteiger charge is -2.09. The smallest absolute Gasteiger partial charge is 0.493 e. The van der Waals surface area contributed by atoms with Crippen LogP contribution >= 0.6 is 0 Å². The van der Waals surface area contributed by atoms with Crippen molar-refractivity contribution in [2.45, 2.75) is 23.9 Å². The van der Waals surface area contributed by atoms with Crippen molar-refractivity contribution in [2.75, 3.05) is 5.73 Å². The van der Waals surface area contributed by atoms with Gasteiger partial charge >= 0.3 is 11.2 Å². The molecule has 2 aromatic heterocycles. The average molecular weight is 428 g/mol.